The van der Waals surface area contributed by atoms with Gasteiger partial charge in [-0.25, -0.2) is 9.78 Å². The minimum absolute atomic E-state index is 0.0293. The molecule has 2 rings (SSSR count). The second-order valence-electron chi connectivity index (χ2n) is 11.0. The minimum atomic E-state index is -1.66. The summed E-state index contributed by atoms with van der Waals surface area (Å²) in [6.45, 7) is 14.9. The number of hydrogen-bond acceptors (Lipinski definition) is 8. The summed E-state index contributed by atoms with van der Waals surface area (Å²) in [5, 5.41) is 12.4. The third-order valence-electron chi connectivity index (χ3n) is 7.12. The molecule has 1 saturated heterocycles. The quantitative estimate of drug-likeness (QED) is 0.0821. The first-order valence-corrected chi connectivity index (χ1v) is 18.3. The predicted molar refractivity (Wildman–Crippen MR) is 155 cm³/mol. The van der Waals surface area contributed by atoms with Crippen molar-refractivity contribution in [1.82, 2.24) is 9.88 Å². The fraction of sp³-hybridized carbons (Fsp3) is 0.741. The molecule has 2 heterocycles. The number of carbonyl (C=O) groups excluding carboxylic acids is 2. The van der Waals surface area contributed by atoms with Crippen LogP contribution in [-0.4, -0.2) is 72.8 Å². The van der Waals surface area contributed by atoms with Gasteiger partial charge in [0, 0.05) is 30.7 Å². The summed E-state index contributed by atoms with van der Waals surface area (Å²) in [6, 6.07) is 0.0293. The van der Waals surface area contributed by atoms with E-state index in [4.69, 9.17) is 9.16 Å². The lowest BCUT2D eigenvalue weighted by molar-refractivity contribution is -0.128. The van der Waals surface area contributed by atoms with E-state index in [0.717, 1.165) is 49.5 Å². The number of nitrogens with zero attached hydrogens (tertiary/aromatic N) is 2. The number of esters is 1. The van der Waals surface area contributed by atoms with Crippen molar-refractivity contribution >= 4 is 43.3 Å². The van der Waals surface area contributed by atoms with Gasteiger partial charge in [-0.05, 0) is 44.3 Å². The Morgan fingerprint density at radius 3 is 2.76 bits per heavy atom. The van der Waals surface area contributed by atoms with Gasteiger partial charge in [-0.3, -0.25) is 4.79 Å². The summed E-state index contributed by atoms with van der Waals surface area (Å²) in [5.41, 5.74) is 0.334. The summed E-state index contributed by atoms with van der Waals surface area (Å²) >= 11 is 2.95. The standard InChI is InChI=1S/C27H46N2O5S2Si/c1-7-33-25(32)23-20-36-26(28-23)35-19-17-29-21(14-16-24(29)31)13-15-22(30)12-10-8-9-11-18-34-37(5,6)27(2,3)4/h13,15,20-22,30H,7-12,14,16-19H2,1-6H3/b15-13+/t21-,22?/m0/s1. The summed E-state index contributed by atoms with van der Waals surface area (Å²) < 4.78 is 12.0. The van der Waals surface area contributed by atoms with Crippen molar-refractivity contribution < 1.29 is 23.9 Å². The van der Waals surface area contributed by atoms with Crippen LogP contribution in [-0.2, 0) is 14.0 Å². The van der Waals surface area contributed by atoms with Crippen LogP contribution in [0.1, 0.15) is 83.1 Å². The molecule has 0 aliphatic carbocycles. The number of unbranched alkanes of at least 4 members (excludes halogenated alkanes) is 3. The van der Waals surface area contributed by atoms with Crippen LogP contribution in [0.3, 0.4) is 0 Å². The Bertz CT molecular complexity index is 884. The van der Waals surface area contributed by atoms with Gasteiger partial charge < -0.3 is 19.2 Å². The molecule has 1 aromatic heterocycles. The molecule has 1 unspecified atom stereocenters. The zero-order valence-electron chi connectivity index (χ0n) is 23.5. The number of hydrogen-bond donors (Lipinski definition) is 1. The number of rotatable bonds is 16. The summed E-state index contributed by atoms with van der Waals surface area (Å²) in [7, 11) is -1.66. The third-order valence-corrected chi connectivity index (χ3v) is 13.7. The molecule has 0 spiro atoms. The van der Waals surface area contributed by atoms with E-state index < -0.39 is 20.4 Å². The molecule has 1 aromatic rings. The van der Waals surface area contributed by atoms with Crippen LogP contribution >= 0.6 is 23.1 Å². The van der Waals surface area contributed by atoms with Crippen LogP contribution < -0.4 is 0 Å². The van der Waals surface area contributed by atoms with Gasteiger partial charge in [-0.2, -0.15) is 0 Å². The number of amides is 1. The molecule has 2 atom stereocenters. The summed E-state index contributed by atoms with van der Waals surface area (Å²) in [6.07, 6.45) is 9.70. The maximum absolute atomic E-state index is 12.4. The van der Waals surface area contributed by atoms with Crippen LogP contribution in [0.2, 0.25) is 18.1 Å². The van der Waals surface area contributed by atoms with Crippen LogP contribution in [0.25, 0.3) is 0 Å². The topological polar surface area (TPSA) is 89.0 Å². The largest absolute Gasteiger partial charge is 0.461 e. The number of carbonyl (C=O) groups is 2. The number of thioether (sulfide) groups is 1. The second kappa shape index (κ2) is 15.4. The Morgan fingerprint density at radius 1 is 1.32 bits per heavy atom. The molecule has 1 aliphatic rings. The number of thiazole rings is 1. The maximum Gasteiger partial charge on any atom is 0.357 e. The summed E-state index contributed by atoms with van der Waals surface area (Å²) in [4.78, 5) is 30.4. The number of aromatic nitrogens is 1. The highest BCUT2D eigenvalue weighted by molar-refractivity contribution is 8.01. The first-order chi connectivity index (χ1) is 17.4. The van der Waals surface area contributed by atoms with Crippen molar-refractivity contribution in [3.63, 3.8) is 0 Å². The maximum atomic E-state index is 12.4. The van der Waals surface area contributed by atoms with E-state index in [1.54, 1.807) is 12.3 Å². The van der Waals surface area contributed by atoms with Crippen LogP contribution in [0.4, 0.5) is 0 Å². The van der Waals surface area contributed by atoms with E-state index in [-0.39, 0.29) is 17.0 Å². The van der Waals surface area contributed by atoms with Gasteiger partial charge in [-0.15, -0.1) is 11.3 Å². The fourth-order valence-electron chi connectivity index (χ4n) is 3.81. The fourth-order valence-corrected chi connectivity index (χ4v) is 6.70. The SMILES string of the molecule is CCOC(=O)c1csc(SCCN2C(=O)CC[C@@H]2/C=C/C(O)CCCCCCO[Si](C)(C)C(C)(C)C)n1. The molecule has 0 aromatic carbocycles. The molecule has 10 heteroatoms. The predicted octanol–water partition coefficient (Wildman–Crippen LogP) is 6.29. The molecule has 1 fully saturated rings. The molecule has 0 radical (unpaired) electrons. The smallest absolute Gasteiger partial charge is 0.357 e. The molecule has 7 nitrogen and oxygen atoms in total. The molecule has 210 valence electrons. The van der Waals surface area contributed by atoms with Gasteiger partial charge in [0.05, 0.1) is 18.8 Å². The van der Waals surface area contributed by atoms with E-state index in [1.807, 2.05) is 17.1 Å². The van der Waals surface area contributed by atoms with Crippen molar-refractivity contribution in [3.8, 4) is 0 Å². The lowest BCUT2D eigenvalue weighted by Gasteiger charge is -2.36. The Hall–Kier alpha value is -1.20. The molecular formula is C27H46N2O5S2Si. The molecule has 1 amide bonds. The van der Waals surface area contributed by atoms with E-state index >= 15 is 0 Å². The first-order valence-electron chi connectivity index (χ1n) is 13.5. The molecular weight excluding hydrogens is 525 g/mol. The first kappa shape index (κ1) is 32.0. The van der Waals surface area contributed by atoms with Gasteiger partial charge in [0.15, 0.2) is 18.4 Å². The molecule has 37 heavy (non-hydrogen) atoms. The monoisotopic (exact) mass is 570 g/mol. The summed E-state index contributed by atoms with van der Waals surface area (Å²) in [5.74, 6) is 0.448. The Balaban J connectivity index is 1.65. The molecule has 1 N–H and O–H groups in total. The average molecular weight is 571 g/mol. The van der Waals surface area contributed by atoms with Crippen LogP contribution in [0, 0.1) is 0 Å². The van der Waals surface area contributed by atoms with Crippen LogP contribution in [0.15, 0.2) is 21.9 Å². The number of likely N-dealkylation sites (tertiary alicyclic amines) is 1. The lowest BCUT2D eigenvalue weighted by Crippen LogP contribution is -2.40. The normalized spacial score (nSPS) is 17.6. The minimum Gasteiger partial charge on any atom is -0.461 e. The highest BCUT2D eigenvalue weighted by Gasteiger charge is 2.36. The molecule has 0 bridgehead atoms. The van der Waals surface area contributed by atoms with Crippen molar-refractivity contribution in [2.24, 2.45) is 0 Å². The van der Waals surface area contributed by atoms with Gasteiger partial charge in [-0.1, -0.05) is 63.9 Å². The van der Waals surface area contributed by atoms with Crippen molar-refractivity contribution in [1.29, 1.82) is 0 Å². The third kappa shape index (κ3) is 10.8. The Morgan fingerprint density at radius 2 is 2.05 bits per heavy atom. The molecule has 0 saturated carbocycles. The van der Waals surface area contributed by atoms with Crippen LogP contribution in [0.5, 0.6) is 0 Å². The lowest BCUT2D eigenvalue weighted by atomic mass is 10.1. The van der Waals surface area contributed by atoms with E-state index in [9.17, 15) is 14.7 Å². The van der Waals surface area contributed by atoms with Gasteiger partial charge in [0.25, 0.3) is 0 Å². The zero-order chi connectivity index (χ0) is 27.5. The van der Waals surface area contributed by atoms with E-state index in [2.05, 4.69) is 38.8 Å². The zero-order valence-corrected chi connectivity index (χ0v) is 26.1. The van der Waals surface area contributed by atoms with Gasteiger partial charge >= 0.3 is 5.97 Å². The van der Waals surface area contributed by atoms with Crippen molar-refractivity contribution in [2.45, 2.75) is 107 Å². The number of aliphatic hydroxyl groups excluding tert-OH is 1. The number of ether oxygens (including phenoxy) is 1. The average Bonchev–Trinajstić information content (AvgIpc) is 3.43. The number of aliphatic hydroxyl groups is 1. The second-order valence-corrected chi connectivity index (χ2v) is 18.0. The highest BCUT2D eigenvalue weighted by atomic mass is 32.2. The highest BCUT2D eigenvalue weighted by Crippen LogP contribution is 2.36. The van der Waals surface area contributed by atoms with E-state index in [1.165, 1.54) is 23.1 Å². The van der Waals surface area contributed by atoms with Crippen molar-refractivity contribution in [2.75, 3.05) is 25.5 Å². The van der Waals surface area contributed by atoms with E-state index in [0.29, 0.717) is 31.0 Å². The molecule has 1 aliphatic heterocycles. The Labute approximate surface area is 232 Å². The van der Waals surface area contributed by atoms with Gasteiger partial charge in [0.1, 0.15) is 0 Å². The Kier molecular flexibility index (Phi) is 13.3. The van der Waals surface area contributed by atoms with Gasteiger partial charge in [0.2, 0.25) is 5.91 Å². The van der Waals surface area contributed by atoms with Crippen molar-refractivity contribution in [3.05, 3.63) is 23.2 Å².